The molecule has 0 atom stereocenters. The summed E-state index contributed by atoms with van der Waals surface area (Å²) >= 11 is 13.2. The Morgan fingerprint density at radius 2 is 1.86 bits per heavy atom. The highest BCUT2D eigenvalue weighted by Crippen LogP contribution is 2.26. The number of hydrogen-bond acceptors (Lipinski definition) is 6. The number of thioether (sulfide) groups is 1. The number of carbonyl (C=O) groups is 1. The smallest absolute Gasteiger partial charge is 0.234 e. The standard InChI is InChI=1S/C19H18Cl2N4O3S/c1-25-17(10-28-14-6-4-13(27-2)5-7-14)23-24-19(25)29-11-18(26)22-16-8-3-12(20)9-15(16)21/h3-9H,10-11H2,1-2H3,(H,22,26). The highest BCUT2D eigenvalue weighted by Gasteiger charge is 2.13. The SMILES string of the molecule is COc1ccc(OCc2nnc(SCC(=O)Nc3ccc(Cl)cc3Cl)n2C)cc1. The Bertz CT molecular complexity index is 996. The van der Waals surface area contributed by atoms with E-state index < -0.39 is 0 Å². The number of nitrogens with one attached hydrogen (secondary N) is 1. The van der Waals surface area contributed by atoms with Crippen LogP contribution < -0.4 is 14.8 Å². The maximum absolute atomic E-state index is 12.2. The first-order valence-electron chi connectivity index (χ1n) is 8.49. The number of ether oxygens (including phenoxy) is 2. The molecule has 0 aliphatic rings. The predicted octanol–water partition coefficient (Wildman–Crippen LogP) is 4.44. The molecule has 0 saturated heterocycles. The van der Waals surface area contributed by atoms with E-state index >= 15 is 0 Å². The maximum Gasteiger partial charge on any atom is 0.234 e. The Morgan fingerprint density at radius 1 is 1.14 bits per heavy atom. The lowest BCUT2D eigenvalue weighted by molar-refractivity contribution is -0.113. The first kappa shape index (κ1) is 21.3. The molecule has 0 fully saturated rings. The van der Waals surface area contributed by atoms with Crippen molar-refractivity contribution in [2.45, 2.75) is 11.8 Å². The lowest BCUT2D eigenvalue weighted by Crippen LogP contribution is -2.15. The second-order valence-electron chi connectivity index (χ2n) is 5.88. The monoisotopic (exact) mass is 452 g/mol. The van der Waals surface area contributed by atoms with Crippen molar-refractivity contribution < 1.29 is 14.3 Å². The van der Waals surface area contributed by atoms with E-state index in [1.54, 1.807) is 29.9 Å². The molecule has 0 aliphatic carbocycles. The van der Waals surface area contributed by atoms with Crippen molar-refractivity contribution in [1.29, 1.82) is 0 Å². The van der Waals surface area contributed by atoms with Crippen molar-refractivity contribution in [2.75, 3.05) is 18.2 Å². The van der Waals surface area contributed by atoms with Crippen molar-refractivity contribution >= 4 is 46.6 Å². The van der Waals surface area contributed by atoms with Gasteiger partial charge >= 0.3 is 0 Å². The predicted molar refractivity (Wildman–Crippen MR) is 114 cm³/mol. The Morgan fingerprint density at radius 3 is 2.55 bits per heavy atom. The molecule has 10 heteroatoms. The number of amides is 1. The second kappa shape index (κ2) is 9.87. The van der Waals surface area contributed by atoms with E-state index in [1.165, 1.54) is 11.8 Å². The summed E-state index contributed by atoms with van der Waals surface area (Å²) in [4.78, 5) is 12.2. The number of benzene rings is 2. The van der Waals surface area contributed by atoms with Gasteiger partial charge in [-0.3, -0.25) is 4.79 Å². The normalized spacial score (nSPS) is 10.6. The first-order valence-corrected chi connectivity index (χ1v) is 10.2. The van der Waals surface area contributed by atoms with Crippen LogP contribution in [0.4, 0.5) is 5.69 Å². The fraction of sp³-hybridized carbons (Fsp3) is 0.211. The summed E-state index contributed by atoms with van der Waals surface area (Å²) in [7, 11) is 3.43. The molecule has 152 valence electrons. The highest BCUT2D eigenvalue weighted by molar-refractivity contribution is 7.99. The summed E-state index contributed by atoms with van der Waals surface area (Å²) in [6.07, 6.45) is 0. The van der Waals surface area contributed by atoms with E-state index in [2.05, 4.69) is 15.5 Å². The molecule has 7 nitrogen and oxygen atoms in total. The van der Waals surface area contributed by atoms with Crippen LogP contribution >= 0.6 is 35.0 Å². The van der Waals surface area contributed by atoms with Crippen LogP contribution in [0.5, 0.6) is 11.5 Å². The fourth-order valence-corrected chi connectivity index (χ4v) is 3.51. The van der Waals surface area contributed by atoms with Gasteiger partial charge < -0.3 is 19.4 Å². The molecule has 0 radical (unpaired) electrons. The number of methoxy groups -OCH3 is 1. The molecule has 0 saturated carbocycles. The van der Waals surface area contributed by atoms with E-state index in [0.717, 1.165) is 5.75 Å². The van der Waals surface area contributed by atoms with Gasteiger partial charge in [-0.1, -0.05) is 35.0 Å². The lowest BCUT2D eigenvalue weighted by Gasteiger charge is -2.08. The van der Waals surface area contributed by atoms with Crippen molar-refractivity contribution in [3.05, 3.63) is 58.3 Å². The third kappa shape index (κ3) is 5.79. The van der Waals surface area contributed by atoms with Crippen molar-refractivity contribution in [1.82, 2.24) is 14.8 Å². The van der Waals surface area contributed by atoms with Gasteiger partial charge in [0.15, 0.2) is 11.0 Å². The van der Waals surface area contributed by atoms with Crippen LogP contribution in [0.3, 0.4) is 0 Å². The summed E-state index contributed by atoms with van der Waals surface area (Å²) < 4.78 is 12.6. The average molecular weight is 453 g/mol. The van der Waals surface area contributed by atoms with E-state index in [1.807, 2.05) is 31.3 Å². The van der Waals surface area contributed by atoms with Crippen LogP contribution in [0, 0.1) is 0 Å². The van der Waals surface area contributed by atoms with Gasteiger partial charge in [-0.25, -0.2) is 0 Å². The summed E-state index contributed by atoms with van der Waals surface area (Å²) in [6, 6.07) is 12.2. The Labute approximate surface area is 182 Å². The molecule has 1 aromatic heterocycles. The molecule has 2 aromatic carbocycles. The molecule has 1 heterocycles. The largest absolute Gasteiger partial charge is 0.497 e. The number of carbonyl (C=O) groups excluding carboxylic acids is 1. The number of nitrogens with zero attached hydrogens (tertiary/aromatic N) is 3. The van der Waals surface area contributed by atoms with Crippen molar-refractivity contribution in [3.63, 3.8) is 0 Å². The van der Waals surface area contributed by atoms with Gasteiger partial charge in [0.1, 0.15) is 18.1 Å². The Hall–Kier alpha value is -2.42. The summed E-state index contributed by atoms with van der Waals surface area (Å²) in [5.41, 5.74) is 0.508. The van der Waals surface area contributed by atoms with Gasteiger partial charge in [-0.05, 0) is 42.5 Å². The molecule has 1 N–H and O–H groups in total. The zero-order chi connectivity index (χ0) is 20.8. The topological polar surface area (TPSA) is 78.3 Å². The fourth-order valence-electron chi connectivity index (χ4n) is 2.32. The molecule has 0 bridgehead atoms. The molecule has 0 unspecified atom stereocenters. The Kier molecular flexibility index (Phi) is 7.24. The van der Waals surface area contributed by atoms with Gasteiger partial charge in [-0.2, -0.15) is 0 Å². The lowest BCUT2D eigenvalue weighted by atomic mass is 10.3. The minimum Gasteiger partial charge on any atom is -0.497 e. The minimum atomic E-state index is -0.210. The van der Waals surface area contributed by atoms with Crippen molar-refractivity contribution in [3.8, 4) is 11.5 Å². The molecule has 1 amide bonds. The van der Waals surface area contributed by atoms with E-state index in [-0.39, 0.29) is 18.3 Å². The van der Waals surface area contributed by atoms with Gasteiger partial charge in [0.05, 0.1) is 23.6 Å². The number of hydrogen-bond donors (Lipinski definition) is 1. The Balaban J connectivity index is 1.52. The number of anilines is 1. The molecule has 3 aromatic rings. The summed E-state index contributed by atoms with van der Waals surface area (Å²) in [5, 5.41) is 12.5. The number of aromatic nitrogens is 3. The summed E-state index contributed by atoms with van der Waals surface area (Å²) in [6.45, 7) is 0.253. The highest BCUT2D eigenvalue weighted by atomic mass is 35.5. The molecule has 0 aliphatic heterocycles. The van der Waals surface area contributed by atoms with Crippen LogP contribution in [0.1, 0.15) is 5.82 Å². The molecular formula is C19H18Cl2N4O3S. The van der Waals surface area contributed by atoms with Crippen molar-refractivity contribution in [2.24, 2.45) is 7.05 Å². The number of halogens is 2. The minimum absolute atomic E-state index is 0.157. The van der Waals surface area contributed by atoms with Crippen LogP contribution in [0.25, 0.3) is 0 Å². The molecule has 3 rings (SSSR count). The quantitative estimate of drug-likeness (QED) is 0.508. The van der Waals surface area contributed by atoms with Crippen LogP contribution in [-0.2, 0) is 18.4 Å². The van der Waals surface area contributed by atoms with Crippen LogP contribution in [-0.4, -0.2) is 33.5 Å². The zero-order valence-corrected chi connectivity index (χ0v) is 18.0. The molecule has 0 spiro atoms. The third-order valence-electron chi connectivity index (χ3n) is 3.89. The van der Waals surface area contributed by atoms with Gasteiger partial charge in [0.25, 0.3) is 0 Å². The average Bonchev–Trinajstić information content (AvgIpc) is 3.07. The van der Waals surface area contributed by atoms with Gasteiger partial charge in [0.2, 0.25) is 5.91 Å². The van der Waals surface area contributed by atoms with E-state index in [9.17, 15) is 4.79 Å². The van der Waals surface area contributed by atoms with E-state index in [4.69, 9.17) is 32.7 Å². The van der Waals surface area contributed by atoms with Crippen LogP contribution in [0.2, 0.25) is 10.0 Å². The summed E-state index contributed by atoms with van der Waals surface area (Å²) in [5.74, 6) is 2.04. The molecular weight excluding hydrogens is 435 g/mol. The van der Waals surface area contributed by atoms with E-state index in [0.29, 0.717) is 32.5 Å². The van der Waals surface area contributed by atoms with Gasteiger partial charge in [0, 0.05) is 12.1 Å². The zero-order valence-electron chi connectivity index (χ0n) is 15.7. The van der Waals surface area contributed by atoms with Gasteiger partial charge in [-0.15, -0.1) is 10.2 Å². The van der Waals surface area contributed by atoms with Crippen LogP contribution in [0.15, 0.2) is 47.6 Å². The number of rotatable bonds is 8. The first-order chi connectivity index (χ1) is 14.0. The third-order valence-corrected chi connectivity index (χ3v) is 5.46. The molecule has 29 heavy (non-hydrogen) atoms. The maximum atomic E-state index is 12.2. The second-order valence-corrected chi connectivity index (χ2v) is 7.67.